The van der Waals surface area contributed by atoms with Gasteiger partial charge in [-0.2, -0.15) is 18.3 Å². The topological polar surface area (TPSA) is 145 Å². The van der Waals surface area contributed by atoms with Gasteiger partial charge in [0.2, 0.25) is 17.7 Å². The number of halogens is 3. The molecule has 2 N–H and O–H groups in total. The number of rotatable bonds is 14. The zero-order valence-electron chi connectivity index (χ0n) is 40.6. The summed E-state index contributed by atoms with van der Waals surface area (Å²) >= 11 is 0. The molecule has 4 aliphatic rings. The highest BCUT2D eigenvalue weighted by Gasteiger charge is 2.50. The minimum Gasteiger partial charge on any atom is -0.497 e. The summed E-state index contributed by atoms with van der Waals surface area (Å²) in [5.41, 5.74) is 2.04. The second kappa shape index (κ2) is 18.3. The highest BCUT2D eigenvalue weighted by molar-refractivity contribution is 6.00. The maximum Gasteiger partial charge on any atom is 0.395 e. The number of likely N-dealkylation sites (tertiary alicyclic amines) is 1. The molecule has 1 aliphatic carbocycles. The van der Waals surface area contributed by atoms with Gasteiger partial charge in [0, 0.05) is 49.7 Å². The predicted octanol–water partition coefficient (Wildman–Crippen LogP) is 8.04. The molecule has 5 heterocycles. The van der Waals surface area contributed by atoms with E-state index < -0.39 is 23.5 Å². The Labute approximate surface area is 400 Å². The van der Waals surface area contributed by atoms with Crippen LogP contribution in [0.1, 0.15) is 109 Å². The van der Waals surface area contributed by atoms with Crippen molar-refractivity contribution in [2.24, 2.45) is 17.9 Å². The van der Waals surface area contributed by atoms with Crippen molar-refractivity contribution in [1.82, 2.24) is 34.0 Å². The lowest BCUT2D eigenvalue weighted by atomic mass is 9.60. The molecule has 14 nitrogen and oxygen atoms in total. The van der Waals surface area contributed by atoms with E-state index in [1.807, 2.05) is 29.3 Å². The number of benzene rings is 3. The molecule has 4 fully saturated rings. The number of carbonyl (C=O) groups excluding carboxylic acids is 3. The van der Waals surface area contributed by atoms with Crippen LogP contribution in [-0.4, -0.2) is 105 Å². The zero-order valence-corrected chi connectivity index (χ0v) is 40.6. The number of aryl methyl sites for hydroxylation is 1. The van der Waals surface area contributed by atoms with Gasteiger partial charge in [-0.05, 0) is 158 Å². The first-order valence-electron chi connectivity index (χ1n) is 24.3. The molecule has 69 heavy (non-hydrogen) atoms. The van der Waals surface area contributed by atoms with Gasteiger partial charge in [-0.1, -0.05) is 18.2 Å². The van der Waals surface area contributed by atoms with Gasteiger partial charge in [0.1, 0.15) is 11.8 Å². The van der Waals surface area contributed by atoms with Crippen LogP contribution in [0.2, 0.25) is 0 Å². The molecule has 0 radical (unpaired) electrons. The van der Waals surface area contributed by atoms with Crippen molar-refractivity contribution in [2.45, 2.75) is 121 Å². The highest BCUT2D eigenvalue weighted by atomic mass is 19.4. The predicted molar refractivity (Wildman–Crippen MR) is 257 cm³/mol. The van der Waals surface area contributed by atoms with Crippen LogP contribution < -0.4 is 21.1 Å². The lowest BCUT2D eigenvalue weighted by Crippen LogP contribution is -2.49. The molecule has 1 spiro atoms. The minimum absolute atomic E-state index is 0.136. The number of alkyl halides is 3. The van der Waals surface area contributed by atoms with Crippen molar-refractivity contribution < 1.29 is 37.0 Å². The van der Waals surface area contributed by atoms with E-state index in [0.29, 0.717) is 42.8 Å². The van der Waals surface area contributed by atoms with E-state index in [-0.39, 0.29) is 65.9 Å². The van der Waals surface area contributed by atoms with Crippen LogP contribution in [0.15, 0.2) is 71.7 Å². The monoisotopic (exact) mass is 954 g/mol. The number of imide groups is 1. The maximum atomic E-state index is 14.5. The van der Waals surface area contributed by atoms with Gasteiger partial charge in [-0.3, -0.25) is 43.3 Å². The number of carbonyl (C=O) groups is 3. The molecular formula is C52H65F3N8O6. The number of imidazole rings is 1. The summed E-state index contributed by atoms with van der Waals surface area (Å²) in [6.45, 7) is 9.88. The summed E-state index contributed by atoms with van der Waals surface area (Å²) in [6, 6.07) is 18.9. The van der Waals surface area contributed by atoms with Crippen LogP contribution in [0.3, 0.4) is 0 Å². The van der Waals surface area contributed by atoms with Crippen molar-refractivity contribution >= 4 is 45.3 Å². The van der Waals surface area contributed by atoms with Gasteiger partial charge in [-0.15, -0.1) is 0 Å². The number of nitrogens with one attached hydrogen (secondary N) is 2. The number of ether oxygens (including phenoxy) is 2. The van der Waals surface area contributed by atoms with Gasteiger partial charge >= 0.3 is 11.9 Å². The number of amides is 3. The van der Waals surface area contributed by atoms with Crippen molar-refractivity contribution in [3.8, 4) is 5.75 Å². The average Bonchev–Trinajstić information content (AvgIpc) is 3.81. The summed E-state index contributed by atoms with van der Waals surface area (Å²) in [5, 5.41) is 11.1. The average molecular weight is 955 g/mol. The smallest absolute Gasteiger partial charge is 0.395 e. The zero-order chi connectivity index (χ0) is 49.1. The first kappa shape index (κ1) is 48.5. The molecule has 1 saturated carbocycles. The van der Waals surface area contributed by atoms with Crippen LogP contribution in [0, 0.1) is 10.8 Å². The summed E-state index contributed by atoms with van der Waals surface area (Å²) in [7, 11) is 3.26. The van der Waals surface area contributed by atoms with E-state index in [2.05, 4.69) is 58.3 Å². The molecule has 5 aromatic rings. The third-order valence-corrected chi connectivity index (χ3v) is 15.8. The fourth-order valence-electron chi connectivity index (χ4n) is 11.8. The molecule has 0 bridgehead atoms. The molecule has 3 amide bonds. The molecule has 3 aliphatic heterocycles. The minimum atomic E-state index is -4.37. The third-order valence-electron chi connectivity index (χ3n) is 15.8. The van der Waals surface area contributed by atoms with Crippen LogP contribution in [0.4, 0.5) is 18.9 Å². The quantitative estimate of drug-likeness (QED) is 0.106. The van der Waals surface area contributed by atoms with Crippen molar-refractivity contribution in [3.63, 3.8) is 0 Å². The van der Waals surface area contributed by atoms with E-state index >= 15 is 0 Å². The Bertz CT molecular complexity index is 2800. The van der Waals surface area contributed by atoms with E-state index in [4.69, 9.17) is 14.6 Å². The SMILES string of the molecule is COc1ccc([C@]2(CCN(Cc3ccc4c(cnn4C4CC5(CCN(CC(=O)Nc6ccc7c(c6)n(C)c(=O)n7C6CCC(=O)NC6=O)CC5)C4)c3)CC(C)(C)C(F)(F)F)CCOC(C)(C)C2)cc1. The summed E-state index contributed by atoms with van der Waals surface area (Å²) in [5.74, 6) is -0.238. The number of nitrogens with zero attached hydrogens (tertiary/aromatic N) is 6. The standard InChI is InChI=1S/C52H65F3N8O6/c1-48(2,52(53,54)55)33-61(23-19-51(20-24-69-49(3,4)32-51)36-8-11-39(68-6)12-9-36)30-34-7-13-40-35(25-34)29-56-63(40)38-27-50(28-38)17-21-60(22-18-50)31-45(65)57-37-10-14-41-43(26-37)59(5)47(67)62(41)42-15-16-44(64)58-46(42)66/h7-14,25-26,29,38,42H,15-24,27-28,30-33H2,1-6H3,(H,57,65)(H,58,64,66)/t42?,51-/m1/s1. The number of hydrogen-bond donors (Lipinski definition) is 2. The number of piperidine rings is 2. The Balaban J connectivity index is 0.813. The van der Waals surface area contributed by atoms with Crippen molar-refractivity contribution in [3.05, 3.63) is 88.5 Å². The van der Waals surface area contributed by atoms with Crippen LogP contribution in [0.5, 0.6) is 5.75 Å². The summed E-state index contributed by atoms with van der Waals surface area (Å²) in [4.78, 5) is 54.9. The molecule has 2 aromatic heterocycles. The number of fused-ring (bicyclic) bond motifs is 2. The van der Waals surface area contributed by atoms with Gasteiger partial charge in [0.15, 0.2) is 0 Å². The number of anilines is 1. The number of methoxy groups -OCH3 is 1. The fourth-order valence-corrected chi connectivity index (χ4v) is 11.8. The Morgan fingerprint density at radius 2 is 1.70 bits per heavy atom. The maximum absolute atomic E-state index is 14.5. The summed E-state index contributed by atoms with van der Waals surface area (Å²) < 4.78 is 59.9. The van der Waals surface area contributed by atoms with Crippen molar-refractivity contribution in [1.29, 1.82) is 0 Å². The van der Waals surface area contributed by atoms with E-state index in [1.165, 1.54) is 23.0 Å². The molecule has 3 saturated heterocycles. The molecule has 2 atom stereocenters. The lowest BCUT2D eigenvalue weighted by Gasteiger charge is -2.52. The Morgan fingerprint density at radius 1 is 0.971 bits per heavy atom. The fraction of sp³-hybridized carbons (Fsp3) is 0.558. The van der Waals surface area contributed by atoms with Gasteiger partial charge in [0.05, 0.1) is 53.5 Å². The highest BCUT2D eigenvalue weighted by Crippen LogP contribution is 2.55. The van der Waals surface area contributed by atoms with E-state index in [1.54, 1.807) is 32.4 Å². The Kier molecular flexibility index (Phi) is 12.9. The molecule has 9 rings (SSSR count). The molecule has 17 heteroatoms. The second-order valence-electron chi connectivity index (χ2n) is 21.6. The van der Waals surface area contributed by atoms with Gasteiger partial charge in [-0.25, -0.2) is 4.79 Å². The van der Waals surface area contributed by atoms with Crippen LogP contribution in [-0.2, 0) is 38.1 Å². The van der Waals surface area contributed by atoms with Crippen LogP contribution in [0.25, 0.3) is 21.9 Å². The van der Waals surface area contributed by atoms with Crippen LogP contribution >= 0.6 is 0 Å². The molecular weight excluding hydrogens is 890 g/mol. The molecule has 3 aromatic carbocycles. The molecule has 370 valence electrons. The van der Waals surface area contributed by atoms with E-state index in [9.17, 15) is 32.3 Å². The first-order valence-corrected chi connectivity index (χ1v) is 24.3. The van der Waals surface area contributed by atoms with Gasteiger partial charge < -0.3 is 14.8 Å². The molecule has 1 unspecified atom stereocenters. The van der Waals surface area contributed by atoms with E-state index in [0.717, 1.165) is 79.4 Å². The first-order chi connectivity index (χ1) is 32.7. The number of aromatic nitrogens is 4. The number of hydrogen-bond acceptors (Lipinski definition) is 9. The lowest BCUT2D eigenvalue weighted by molar-refractivity contribution is -0.217. The second-order valence-corrected chi connectivity index (χ2v) is 21.6. The Morgan fingerprint density at radius 3 is 2.38 bits per heavy atom. The van der Waals surface area contributed by atoms with Crippen molar-refractivity contribution in [2.75, 3.05) is 51.8 Å². The normalized spacial score (nSPS) is 22.3. The Hall–Kier alpha value is -5.52. The third kappa shape index (κ3) is 9.83. The summed E-state index contributed by atoms with van der Waals surface area (Å²) in [6.07, 6.45) is 4.03. The van der Waals surface area contributed by atoms with Gasteiger partial charge in [0.25, 0.3) is 0 Å². The largest absolute Gasteiger partial charge is 0.497 e.